The summed E-state index contributed by atoms with van der Waals surface area (Å²) in [5.74, 6) is 0.822. The predicted molar refractivity (Wildman–Crippen MR) is 61.2 cm³/mol. The van der Waals surface area contributed by atoms with Gasteiger partial charge >= 0.3 is 0 Å². The predicted octanol–water partition coefficient (Wildman–Crippen LogP) is 0.817. The summed E-state index contributed by atoms with van der Waals surface area (Å²) in [6.07, 6.45) is 0.223. The van der Waals surface area contributed by atoms with E-state index >= 15 is 0 Å². The van der Waals surface area contributed by atoms with E-state index in [0.717, 1.165) is 11.4 Å². The molecule has 0 heterocycles. The van der Waals surface area contributed by atoms with Gasteiger partial charge in [0.15, 0.2) is 0 Å². The number of rotatable bonds is 6. The number of nitrogens with one attached hydrogen (secondary N) is 1. The third-order valence-corrected chi connectivity index (χ3v) is 2.13. The zero-order valence-corrected chi connectivity index (χ0v) is 8.94. The van der Waals surface area contributed by atoms with Gasteiger partial charge in [-0.3, -0.25) is 0 Å². The van der Waals surface area contributed by atoms with Crippen LogP contribution in [0.25, 0.3) is 0 Å². The Balaban J connectivity index is 2.37. The van der Waals surface area contributed by atoms with E-state index in [1.807, 2.05) is 24.3 Å². The number of aliphatic hydroxyl groups excluding tert-OH is 1. The Morgan fingerprint density at radius 1 is 1.40 bits per heavy atom. The monoisotopic (exact) mass is 210 g/mol. The van der Waals surface area contributed by atoms with E-state index in [1.54, 1.807) is 7.11 Å². The van der Waals surface area contributed by atoms with Crippen LogP contribution >= 0.6 is 0 Å². The van der Waals surface area contributed by atoms with Crippen molar-refractivity contribution in [1.82, 2.24) is 0 Å². The van der Waals surface area contributed by atoms with Crippen molar-refractivity contribution < 1.29 is 9.84 Å². The highest BCUT2D eigenvalue weighted by atomic mass is 16.5. The van der Waals surface area contributed by atoms with Gasteiger partial charge in [0, 0.05) is 12.2 Å². The van der Waals surface area contributed by atoms with Crippen molar-refractivity contribution in [2.75, 3.05) is 25.5 Å². The fourth-order valence-electron chi connectivity index (χ4n) is 1.24. The van der Waals surface area contributed by atoms with Crippen LogP contribution in [-0.2, 0) is 0 Å². The van der Waals surface area contributed by atoms with E-state index in [2.05, 4.69) is 5.32 Å². The van der Waals surface area contributed by atoms with Gasteiger partial charge in [-0.1, -0.05) is 0 Å². The fourth-order valence-corrected chi connectivity index (χ4v) is 1.24. The lowest BCUT2D eigenvalue weighted by Gasteiger charge is -2.11. The maximum atomic E-state index is 9.44. The first-order chi connectivity index (χ1) is 7.26. The molecular formula is C11H18N2O2. The summed E-state index contributed by atoms with van der Waals surface area (Å²) in [6.45, 7) is 1.02. The largest absolute Gasteiger partial charge is 0.497 e. The molecule has 4 heteroatoms. The second-order valence-electron chi connectivity index (χ2n) is 3.34. The lowest BCUT2D eigenvalue weighted by atomic mass is 10.2. The first-order valence-electron chi connectivity index (χ1n) is 5.02. The lowest BCUT2D eigenvalue weighted by molar-refractivity contribution is 0.180. The highest BCUT2D eigenvalue weighted by Gasteiger charge is 2.01. The molecule has 0 aromatic heterocycles. The van der Waals surface area contributed by atoms with E-state index in [0.29, 0.717) is 19.5 Å². The molecule has 0 aliphatic heterocycles. The number of benzene rings is 1. The van der Waals surface area contributed by atoms with Crippen LogP contribution in [0.4, 0.5) is 5.69 Å². The number of hydrogen-bond donors (Lipinski definition) is 3. The minimum atomic E-state index is -0.392. The number of anilines is 1. The molecule has 84 valence electrons. The van der Waals surface area contributed by atoms with Crippen LogP contribution in [-0.4, -0.2) is 31.4 Å². The van der Waals surface area contributed by atoms with Crippen LogP contribution in [0.3, 0.4) is 0 Å². The first-order valence-corrected chi connectivity index (χ1v) is 5.02. The number of ether oxygens (including phenoxy) is 1. The molecule has 1 aromatic carbocycles. The molecule has 0 saturated heterocycles. The maximum absolute atomic E-state index is 9.44. The third kappa shape index (κ3) is 4.18. The zero-order chi connectivity index (χ0) is 11.1. The Labute approximate surface area is 90.1 Å². The van der Waals surface area contributed by atoms with Crippen molar-refractivity contribution >= 4 is 5.69 Å². The number of nitrogens with two attached hydrogens (primary N) is 1. The minimum Gasteiger partial charge on any atom is -0.497 e. The molecule has 15 heavy (non-hydrogen) atoms. The summed E-state index contributed by atoms with van der Waals surface area (Å²) < 4.78 is 5.04. The smallest absolute Gasteiger partial charge is 0.119 e. The molecular weight excluding hydrogens is 192 g/mol. The average Bonchev–Trinajstić information content (AvgIpc) is 2.27. The SMILES string of the molecule is COc1ccc(NCC(O)CCN)cc1. The summed E-state index contributed by atoms with van der Waals surface area (Å²) in [6, 6.07) is 7.57. The summed E-state index contributed by atoms with van der Waals surface area (Å²) in [7, 11) is 1.63. The van der Waals surface area contributed by atoms with Gasteiger partial charge in [-0.2, -0.15) is 0 Å². The van der Waals surface area contributed by atoms with Gasteiger partial charge in [-0.25, -0.2) is 0 Å². The number of methoxy groups -OCH3 is 1. The topological polar surface area (TPSA) is 67.5 Å². The van der Waals surface area contributed by atoms with Crippen molar-refractivity contribution in [3.05, 3.63) is 24.3 Å². The molecule has 0 bridgehead atoms. The van der Waals surface area contributed by atoms with Gasteiger partial charge in [-0.15, -0.1) is 0 Å². The molecule has 0 spiro atoms. The van der Waals surface area contributed by atoms with Gasteiger partial charge in [0.2, 0.25) is 0 Å². The molecule has 4 N–H and O–H groups in total. The van der Waals surface area contributed by atoms with Crippen molar-refractivity contribution in [2.24, 2.45) is 5.73 Å². The molecule has 4 nitrogen and oxygen atoms in total. The van der Waals surface area contributed by atoms with Gasteiger partial charge in [0.25, 0.3) is 0 Å². The average molecular weight is 210 g/mol. The van der Waals surface area contributed by atoms with Gasteiger partial charge in [0.1, 0.15) is 5.75 Å². The fraction of sp³-hybridized carbons (Fsp3) is 0.455. The highest BCUT2D eigenvalue weighted by Crippen LogP contribution is 2.14. The summed E-state index contributed by atoms with van der Waals surface area (Å²) >= 11 is 0. The van der Waals surface area contributed by atoms with Gasteiger partial charge in [0.05, 0.1) is 13.2 Å². The Bertz CT molecular complexity index is 274. The maximum Gasteiger partial charge on any atom is 0.119 e. The second kappa shape index (κ2) is 6.27. The van der Waals surface area contributed by atoms with Crippen LogP contribution in [0.5, 0.6) is 5.75 Å². The third-order valence-electron chi connectivity index (χ3n) is 2.13. The Kier molecular flexibility index (Phi) is 4.93. The number of hydrogen-bond acceptors (Lipinski definition) is 4. The second-order valence-corrected chi connectivity index (χ2v) is 3.34. The summed E-state index contributed by atoms with van der Waals surface area (Å²) in [5, 5.41) is 12.6. The standard InChI is InChI=1S/C11H18N2O2/c1-15-11-4-2-9(3-5-11)13-8-10(14)6-7-12/h2-5,10,13-14H,6-8,12H2,1H3. The lowest BCUT2D eigenvalue weighted by Crippen LogP contribution is -2.22. The minimum absolute atomic E-state index is 0.392. The van der Waals surface area contributed by atoms with Crippen LogP contribution < -0.4 is 15.8 Å². The Morgan fingerprint density at radius 2 is 2.07 bits per heavy atom. The van der Waals surface area contributed by atoms with Crippen LogP contribution in [0.2, 0.25) is 0 Å². The van der Waals surface area contributed by atoms with E-state index < -0.39 is 6.10 Å². The molecule has 0 aliphatic rings. The van der Waals surface area contributed by atoms with E-state index in [4.69, 9.17) is 10.5 Å². The Hall–Kier alpha value is -1.26. The molecule has 0 amide bonds. The summed E-state index contributed by atoms with van der Waals surface area (Å²) in [5.41, 5.74) is 6.30. The highest BCUT2D eigenvalue weighted by molar-refractivity contribution is 5.46. The van der Waals surface area contributed by atoms with Crippen molar-refractivity contribution in [1.29, 1.82) is 0 Å². The molecule has 1 atom stereocenters. The molecule has 0 radical (unpaired) electrons. The van der Waals surface area contributed by atoms with E-state index in [9.17, 15) is 5.11 Å². The van der Waals surface area contributed by atoms with Gasteiger partial charge < -0.3 is 20.9 Å². The summed E-state index contributed by atoms with van der Waals surface area (Å²) in [4.78, 5) is 0. The van der Waals surface area contributed by atoms with Crippen LogP contribution in [0, 0.1) is 0 Å². The molecule has 1 rings (SSSR count). The van der Waals surface area contributed by atoms with Crippen molar-refractivity contribution in [3.63, 3.8) is 0 Å². The molecule has 1 aromatic rings. The molecule has 0 fully saturated rings. The van der Waals surface area contributed by atoms with Gasteiger partial charge in [-0.05, 0) is 37.2 Å². The van der Waals surface area contributed by atoms with E-state index in [1.165, 1.54) is 0 Å². The van der Waals surface area contributed by atoms with E-state index in [-0.39, 0.29) is 0 Å². The van der Waals surface area contributed by atoms with Crippen molar-refractivity contribution in [2.45, 2.75) is 12.5 Å². The Morgan fingerprint density at radius 3 is 2.60 bits per heavy atom. The number of aliphatic hydroxyl groups is 1. The quantitative estimate of drug-likeness (QED) is 0.650. The molecule has 1 unspecified atom stereocenters. The molecule has 0 aliphatic carbocycles. The van der Waals surface area contributed by atoms with Crippen molar-refractivity contribution in [3.8, 4) is 5.75 Å². The first kappa shape index (κ1) is 11.8. The van der Waals surface area contributed by atoms with Crippen LogP contribution in [0.1, 0.15) is 6.42 Å². The zero-order valence-electron chi connectivity index (χ0n) is 8.94. The van der Waals surface area contributed by atoms with Crippen LogP contribution in [0.15, 0.2) is 24.3 Å². The molecule has 0 saturated carbocycles. The normalized spacial score (nSPS) is 12.2.